The van der Waals surface area contributed by atoms with Crippen LogP contribution in [0.2, 0.25) is 0 Å². The van der Waals surface area contributed by atoms with Crippen LogP contribution < -0.4 is 0 Å². The molecule has 1 nitrogen and oxygen atoms in total. The maximum Gasteiger partial charge on any atom is 0.0238 e. The van der Waals surface area contributed by atoms with Gasteiger partial charge < -0.3 is 0 Å². The Labute approximate surface area is 82.1 Å². The molecule has 0 aromatic rings. The zero-order valence-electron chi connectivity index (χ0n) is 8.97. The van der Waals surface area contributed by atoms with Gasteiger partial charge in [0.1, 0.15) is 0 Å². The molecule has 2 heteroatoms. The Balaban J connectivity index is 4.09. The highest BCUT2D eigenvalue weighted by Gasteiger charge is 2.18. The lowest BCUT2D eigenvalue weighted by Gasteiger charge is -2.36. The minimum absolute atomic E-state index is 0.600. The van der Waals surface area contributed by atoms with Gasteiger partial charge in [-0.2, -0.15) is 0 Å². The zero-order chi connectivity index (χ0) is 9.72. The van der Waals surface area contributed by atoms with Crippen molar-refractivity contribution in [2.24, 2.45) is 0 Å². The first kappa shape index (κ1) is 12.2. The normalized spacial score (nSPS) is 14.8. The Morgan fingerprint density at radius 1 is 1.00 bits per heavy atom. The molecule has 0 heterocycles. The van der Waals surface area contributed by atoms with Crippen molar-refractivity contribution in [1.82, 2.24) is 4.90 Å². The lowest BCUT2D eigenvalue weighted by atomic mass is 10.1. The van der Waals surface area contributed by atoms with Gasteiger partial charge in [0.05, 0.1) is 0 Å². The molecule has 74 valence electrons. The molecule has 0 N–H and O–H groups in total. The number of hydrogen-bond donors (Lipinski definition) is 0. The van der Waals surface area contributed by atoms with E-state index in [-0.39, 0.29) is 0 Å². The molecule has 0 aliphatic heterocycles. The standard InChI is InChI=1S/C10H22ClN/c1-8(2)12(9(3)4)10(5)6-7-11/h8-10H,6-7H2,1-5H3. The molecule has 0 spiro atoms. The monoisotopic (exact) mass is 191 g/mol. The van der Waals surface area contributed by atoms with Gasteiger partial charge in [0.25, 0.3) is 0 Å². The molecule has 0 aliphatic carbocycles. The molecule has 0 saturated carbocycles. The lowest BCUT2D eigenvalue weighted by molar-refractivity contribution is 0.120. The van der Waals surface area contributed by atoms with Crippen molar-refractivity contribution in [3.63, 3.8) is 0 Å². The smallest absolute Gasteiger partial charge is 0.0238 e. The van der Waals surface area contributed by atoms with Crippen molar-refractivity contribution in [2.45, 2.75) is 59.2 Å². The van der Waals surface area contributed by atoms with Crippen LogP contribution in [-0.4, -0.2) is 28.9 Å². The number of nitrogens with zero attached hydrogens (tertiary/aromatic N) is 1. The predicted octanol–water partition coefficient (Wildman–Crippen LogP) is 3.12. The summed E-state index contributed by atoms with van der Waals surface area (Å²) in [5, 5.41) is 0. The second-order valence-electron chi connectivity index (χ2n) is 3.96. The van der Waals surface area contributed by atoms with Crippen molar-refractivity contribution in [1.29, 1.82) is 0 Å². The van der Waals surface area contributed by atoms with Gasteiger partial charge in [-0.05, 0) is 41.0 Å². The van der Waals surface area contributed by atoms with Crippen LogP contribution in [0.4, 0.5) is 0 Å². The molecule has 1 atom stereocenters. The molecule has 0 bridgehead atoms. The van der Waals surface area contributed by atoms with Crippen molar-refractivity contribution < 1.29 is 0 Å². The van der Waals surface area contributed by atoms with E-state index in [1.807, 2.05) is 0 Å². The summed E-state index contributed by atoms with van der Waals surface area (Å²) in [6, 6.07) is 1.83. The zero-order valence-corrected chi connectivity index (χ0v) is 9.73. The first-order chi connectivity index (χ1) is 5.50. The van der Waals surface area contributed by atoms with Crippen molar-refractivity contribution in [3.8, 4) is 0 Å². The first-order valence-electron chi connectivity index (χ1n) is 4.84. The van der Waals surface area contributed by atoms with Gasteiger partial charge in [-0.25, -0.2) is 0 Å². The molecule has 0 aliphatic rings. The second-order valence-corrected chi connectivity index (χ2v) is 4.34. The van der Waals surface area contributed by atoms with Crippen LogP contribution in [0.3, 0.4) is 0 Å². The van der Waals surface area contributed by atoms with E-state index in [1.165, 1.54) is 0 Å². The molecule has 0 fully saturated rings. The van der Waals surface area contributed by atoms with Crippen LogP contribution in [0, 0.1) is 0 Å². The van der Waals surface area contributed by atoms with Gasteiger partial charge in [-0.15, -0.1) is 11.6 Å². The molecule has 0 aromatic heterocycles. The fourth-order valence-electron chi connectivity index (χ4n) is 1.92. The van der Waals surface area contributed by atoms with E-state index in [0.717, 1.165) is 12.3 Å². The third kappa shape index (κ3) is 3.77. The largest absolute Gasteiger partial charge is 0.296 e. The Morgan fingerprint density at radius 3 is 1.67 bits per heavy atom. The molecule has 1 unspecified atom stereocenters. The van der Waals surface area contributed by atoms with E-state index >= 15 is 0 Å². The first-order valence-corrected chi connectivity index (χ1v) is 5.37. The molecular weight excluding hydrogens is 170 g/mol. The summed E-state index contributed by atoms with van der Waals surface area (Å²) in [6.07, 6.45) is 1.08. The van der Waals surface area contributed by atoms with E-state index in [9.17, 15) is 0 Å². The van der Waals surface area contributed by atoms with Crippen molar-refractivity contribution in [3.05, 3.63) is 0 Å². The van der Waals surface area contributed by atoms with Crippen LogP contribution in [-0.2, 0) is 0 Å². The van der Waals surface area contributed by atoms with Gasteiger partial charge in [-0.3, -0.25) is 4.90 Å². The average Bonchev–Trinajstić information content (AvgIpc) is 1.85. The Hall–Kier alpha value is 0.250. The maximum absolute atomic E-state index is 5.72. The summed E-state index contributed by atoms with van der Waals surface area (Å²) in [5.41, 5.74) is 0. The minimum Gasteiger partial charge on any atom is -0.296 e. The fourth-order valence-corrected chi connectivity index (χ4v) is 2.24. The van der Waals surface area contributed by atoms with Crippen LogP contribution in [0.1, 0.15) is 41.0 Å². The third-order valence-electron chi connectivity index (χ3n) is 2.23. The highest BCUT2D eigenvalue weighted by atomic mass is 35.5. The highest BCUT2D eigenvalue weighted by molar-refractivity contribution is 6.17. The van der Waals surface area contributed by atoms with Gasteiger partial charge in [0, 0.05) is 24.0 Å². The molecule has 12 heavy (non-hydrogen) atoms. The van der Waals surface area contributed by atoms with Gasteiger partial charge >= 0.3 is 0 Å². The molecule has 0 saturated heterocycles. The minimum atomic E-state index is 0.600. The van der Waals surface area contributed by atoms with Gasteiger partial charge in [0.15, 0.2) is 0 Å². The van der Waals surface area contributed by atoms with E-state index in [1.54, 1.807) is 0 Å². The quantitative estimate of drug-likeness (QED) is 0.604. The lowest BCUT2D eigenvalue weighted by Crippen LogP contribution is -2.43. The van der Waals surface area contributed by atoms with Gasteiger partial charge in [-0.1, -0.05) is 0 Å². The van der Waals surface area contributed by atoms with E-state index in [2.05, 4.69) is 39.5 Å². The second kappa shape index (κ2) is 5.82. The molecule has 0 rings (SSSR count). The van der Waals surface area contributed by atoms with E-state index < -0.39 is 0 Å². The highest BCUT2D eigenvalue weighted by Crippen LogP contribution is 2.13. The van der Waals surface area contributed by atoms with Crippen LogP contribution in [0.25, 0.3) is 0 Å². The predicted molar refractivity (Wildman–Crippen MR) is 56.9 cm³/mol. The number of rotatable bonds is 5. The number of hydrogen-bond acceptors (Lipinski definition) is 1. The maximum atomic E-state index is 5.72. The Morgan fingerprint density at radius 2 is 1.42 bits per heavy atom. The summed E-state index contributed by atoms with van der Waals surface area (Å²) >= 11 is 5.72. The molecule has 0 aromatic carbocycles. The summed E-state index contributed by atoms with van der Waals surface area (Å²) in [5.74, 6) is 0.761. The summed E-state index contributed by atoms with van der Waals surface area (Å²) in [4.78, 5) is 2.50. The number of alkyl halides is 1. The fraction of sp³-hybridized carbons (Fsp3) is 1.00. The molecular formula is C10H22ClN. The molecule has 0 amide bonds. The summed E-state index contributed by atoms with van der Waals surface area (Å²) in [6.45, 7) is 11.2. The SMILES string of the molecule is CC(C)N(C(C)C)C(C)CCCl. The summed E-state index contributed by atoms with van der Waals surface area (Å²) in [7, 11) is 0. The Kier molecular flexibility index (Phi) is 5.94. The van der Waals surface area contributed by atoms with Crippen molar-refractivity contribution >= 4 is 11.6 Å². The average molecular weight is 192 g/mol. The molecule has 0 radical (unpaired) electrons. The topological polar surface area (TPSA) is 3.24 Å². The third-order valence-corrected chi connectivity index (χ3v) is 2.45. The Bertz CT molecular complexity index is 104. The van der Waals surface area contributed by atoms with Gasteiger partial charge in [0.2, 0.25) is 0 Å². The van der Waals surface area contributed by atoms with Crippen LogP contribution >= 0.6 is 11.6 Å². The van der Waals surface area contributed by atoms with Crippen LogP contribution in [0.5, 0.6) is 0 Å². The van der Waals surface area contributed by atoms with E-state index in [0.29, 0.717) is 18.1 Å². The van der Waals surface area contributed by atoms with Crippen molar-refractivity contribution in [2.75, 3.05) is 5.88 Å². The van der Waals surface area contributed by atoms with Crippen LogP contribution in [0.15, 0.2) is 0 Å². The number of halogens is 1. The van der Waals surface area contributed by atoms with E-state index in [4.69, 9.17) is 11.6 Å². The summed E-state index contributed by atoms with van der Waals surface area (Å²) < 4.78 is 0.